The normalized spacial score (nSPS) is 13.9. The predicted octanol–water partition coefficient (Wildman–Crippen LogP) is 5.43. The zero-order valence-electron chi connectivity index (χ0n) is 15.5. The van der Waals surface area contributed by atoms with E-state index in [-0.39, 0.29) is 11.8 Å². The van der Waals surface area contributed by atoms with Gasteiger partial charge >= 0.3 is 0 Å². The number of imide groups is 1. The zero-order valence-corrected chi connectivity index (χ0v) is 17.0. The molecule has 0 aliphatic carbocycles. The number of rotatable bonds is 5. The molecule has 3 aromatic rings. The predicted molar refractivity (Wildman–Crippen MR) is 116 cm³/mol. The maximum Gasteiger partial charge on any atom is 0.272 e. The number of benzene rings is 3. The van der Waals surface area contributed by atoms with Crippen LogP contribution in [-0.4, -0.2) is 18.9 Å². The highest BCUT2D eigenvalue weighted by atomic mass is 35.5. The molecule has 0 N–H and O–H groups in total. The number of halogens is 1. The minimum absolute atomic E-state index is 0.330. The van der Waals surface area contributed by atoms with Gasteiger partial charge in [0, 0.05) is 15.5 Å². The summed E-state index contributed by atoms with van der Waals surface area (Å²) in [5.41, 5.74) is 1.39. The van der Waals surface area contributed by atoms with Crippen LogP contribution in [0.4, 0.5) is 5.69 Å². The number of thioether (sulfide) groups is 1. The van der Waals surface area contributed by atoms with Gasteiger partial charge in [-0.3, -0.25) is 9.59 Å². The van der Waals surface area contributed by atoms with Crippen molar-refractivity contribution < 1.29 is 14.3 Å². The minimum atomic E-state index is -0.389. The molecule has 0 atom stereocenters. The molecule has 0 unspecified atom stereocenters. The monoisotopic (exact) mass is 421 g/mol. The van der Waals surface area contributed by atoms with E-state index < -0.39 is 0 Å². The summed E-state index contributed by atoms with van der Waals surface area (Å²) >= 11 is 7.24. The van der Waals surface area contributed by atoms with E-state index in [9.17, 15) is 9.59 Å². The number of anilines is 1. The molecule has 0 saturated heterocycles. The molecule has 4 rings (SSSR count). The van der Waals surface area contributed by atoms with Crippen LogP contribution >= 0.6 is 23.4 Å². The van der Waals surface area contributed by atoms with Crippen molar-refractivity contribution in [1.82, 2.24) is 0 Å². The number of hydrogen-bond donors (Lipinski definition) is 0. The fraction of sp³-hybridized carbons (Fsp3) is 0.0435. The first-order valence-electron chi connectivity index (χ1n) is 8.85. The lowest BCUT2D eigenvalue weighted by molar-refractivity contribution is -0.119. The van der Waals surface area contributed by atoms with Crippen molar-refractivity contribution in [2.24, 2.45) is 0 Å². The van der Waals surface area contributed by atoms with E-state index >= 15 is 0 Å². The van der Waals surface area contributed by atoms with E-state index in [1.807, 2.05) is 42.5 Å². The van der Waals surface area contributed by atoms with E-state index in [1.54, 1.807) is 43.5 Å². The van der Waals surface area contributed by atoms with Crippen molar-refractivity contribution >= 4 is 46.4 Å². The van der Waals surface area contributed by atoms with Gasteiger partial charge in [0.1, 0.15) is 5.75 Å². The zero-order chi connectivity index (χ0) is 20.4. The van der Waals surface area contributed by atoms with Crippen molar-refractivity contribution in [3.8, 4) is 5.75 Å². The molecule has 0 spiro atoms. The van der Waals surface area contributed by atoms with Gasteiger partial charge in [-0.25, -0.2) is 4.90 Å². The number of methoxy groups -OCH3 is 1. The number of carbonyl (C=O) groups excluding carboxylic acids is 2. The second-order valence-electron chi connectivity index (χ2n) is 6.24. The van der Waals surface area contributed by atoms with Crippen LogP contribution in [-0.2, 0) is 9.59 Å². The van der Waals surface area contributed by atoms with Crippen LogP contribution in [0.5, 0.6) is 5.75 Å². The number of para-hydroxylation sites is 1. The third-order valence-electron chi connectivity index (χ3n) is 4.47. The Bertz CT molecular complexity index is 1110. The Morgan fingerprint density at radius 1 is 0.828 bits per heavy atom. The first-order chi connectivity index (χ1) is 14.1. The van der Waals surface area contributed by atoms with E-state index in [0.717, 1.165) is 4.90 Å². The van der Waals surface area contributed by atoms with Gasteiger partial charge in [-0.15, -0.1) is 0 Å². The van der Waals surface area contributed by atoms with Crippen molar-refractivity contribution in [1.29, 1.82) is 0 Å². The third kappa shape index (κ3) is 3.67. The second-order valence-corrected chi connectivity index (χ2v) is 7.76. The molecule has 1 heterocycles. The summed E-state index contributed by atoms with van der Waals surface area (Å²) in [5.74, 6) is -0.222. The third-order valence-corrected chi connectivity index (χ3v) is 5.81. The lowest BCUT2D eigenvalue weighted by Gasteiger charge is -2.15. The standard InChI is InChI=1S/C23H16ClNO3S/c1-28-19-10-6-5-9-18(19)20-21(29-17-7-3-2-4-8-17)23(27)25(22(20)26)16-13-11-15(24)12-14-16/h2-14H,1H3. The summed E-state index contributed by atoms with van der Waals surface area (Å²) in [6, 6.07) is 23.3. The van der Waals surface area contributed by atoms with Gasteiger partial charge in [0.05, 0.1) is 23.3 Å². The Kier molecular flexibility index (Phi) is 5.43. The SMILES string of the molecule is COc1ccccc1C1=C(Sc2ccccc2)C(=O)N(c2ccc(Cl)cc2)C1=O. The van der Waals surface area contributed by atoms with Crippen molar-refractivity contribution in [2.45, 2.75) is 4.90 Å². The van der Waals surface area contributed by atoms with E-state index in [4.69, 9.17) is 16.3 Å². The Labute approximate surface area is 177 Å². The van der Waals surface area contributed by atoms with Crippen molar-refractivity contribution in [3.05, 3.63) is 94.4 Å². The topological polar surface area (TPSA) is 46.6 Å². The van der Waals surface area contributed by atoms with Crippen LogP contribution in [0.1, 0.15) is 5.56 Å². The van der Waals surface area contributed by atoms with Gasteiger partial charge in [-0.05, 0) is 42.5 Å². The highest BCUT2D eigenvalue weighted by molar-refractivity contribution is 8.04. The van der Waals surface area contributed by atoms with Crippen LogP contribution in [0.25, 0.3) is 5.57 Å². The van der Waals surface area contributed by atoms with Crippen LogP contribution < -0.4 is 9.64 Å². The molecule has 29 heavy (non-hydrogen) atoms. The molecule has 0 fully saturated rings. The lowest BCUT2D eigenvalue weighted by atomic mass is 10.0. The number of nitrogens with zero attached hydrogens (tertiary/aromatic N) is 1. The molecule has 0 saturated carbocycles. The van der Waals surface area contributed by atoms with Gasteiger partial charge in [-0.2, -0.15) is 0 Å². The van der Waals surface area contributed by atoms with Crippen LogP contribution in [0, 0.1) is 0 Å². The summed E-state index contributed by atoms with van der Waals surface area (Å²) < 4.78 is 5.45. The second kappa shape index (κ2) is 8.15. The molecule has 4 nitrogen and oxygen atoms in total. The van der Waals surface area contributed by atoms with Gasteiger partial charge in [0.25, 0.3) is 11.8 Å². The quantitative estimate of drug-likeness (QED) is 0.515. The molecular formula is C23H16ClNO3S. The van der Waals surface area contributed by atoms with Gasteiger partial charge in [-0.1, -0.05) is 59.8 Å². The summed E-state index contributed by atoms with van der Waals surface area (Å²) in [5, 5.41) is 0.532. The van der Waals surface area contributed by atoms with E-state index in [0.29, 0.717) is 32.5 Å². The van der Waals surface area contributed by atoms with Gasteiger partial charge in [0.2, 0.25) is 0 Å². The number of ether oxygens (including phenoxy) is 1. The van der Waals surface area contributed by atoms with Gasteiger partial charge < -0.3 is 4.74 Å². The fourth-order valence-electron chi connectivity index (χ4n) is 3.12. The highest BCUT2D eigenvalue weighted by Crippen LogP contribution is 2.43. The molecule has 3 aromatic carbocycles. The number of hydrogen-bond acceptors (Lipinski definition) is 4. The molecular weight excluding hydrogens is 406 g/mol. The van der Waals surface area contributed by atoms with Crippen LogP contribution in [0.15, 0.2) is 88.7 Å². The smallest absolute Gasteiger partial charge is 0.272 e. The molecule has 0 aromatic heterocycles. The molecule has 0 bridgehead atoms. The Morgan fingerprint density at radius 3 is 2.17 bits per heavy atom. The van der Waals surface area contributed by atoms with E-state index in [1.165, 1.54) is 16.7 Å². The fourth-order valence-corrected chi connectivity index (χ4v) is 4.26. The largest absolute Gasteiger partial charge is 0.496 e. The molecule has 1 aliphatic heterocycles. The Morgan fingerprint density at radius 2 is 1.48 bits per heavy atom. The summed E-state index contributed by atoms with van der Waals surface area (Å²) in [6.07, 6.45) is 0. The summed E-state index contributed by atoms with van der Waals surface area (Å²) in [4.78, 5) is 29.2. The molecule has 6 heteroatoms. The number of carbonyl (C=O) groups is 2. The van der Waals surface area contributed by atoms with Crippen LogP contribution in [0.3, 0.4) is 0 Å². The Balaban J connectivity index is 1.86. The summed E-state index contributed by atoms with van der Waals surface area (Å²) in [6.45, 7) is 0. The molecule has 2 amide bonds. The maximum absolute atomic E-state index is 13.4. The average molecular weight is 422 g/mol. The van der Waals surface area contributed by atoms with E-state index in [2.05, 4.69) is 0 Å². The summed E-state index contributed by atoms with van der Waals surface area (Å²) in [7, 11) is 1.54. The molecule has 144 valence electrons. The Hall–Kier alpha value is -3.02. The van der Waals surface area contributed by atoms with Crippen molar-refractivity contribution in [3.63, 3.8) is 0 Å². The molecule has 1 aliphatic rings. The lowest BCUT2D eigenvalue weighted by Crippen LogP contribution is -2.31. The average Bonchev–Trinajstić information content (AvgIpc) is 2.99. The minimum Gasteiger partial charge on any atom is -0.496 e. The van der Waals surface area contributed by atoms with Crippen molar-refractivity contribution in [2.75, 3.05) is 12.0 Å². The maximum atomic E-state index is 13.4. The first-order valence-corrected chi connectivity index (χ1v) is 10.0. The highest BCUT2D eigenvalue weighted by Gasteiger charge is 2.41. The van der Waals surface area contributed by atoms with Gasteiger partial charge in [0.15, 0.2) is 0 Å². The van der Waals surface area contributed by atoms with Crippen LogP contribution in [0.2, 0.25) is 5.02 Å². The number of amides is 2. The first kappa shape index (κ1) is 19.3. The molecule has 0 radical (unpaired) electrons.